The van der Waals surface area contributed by atoms with E-state index in [-0.39, 0.29) is 0 Å². The maximum absolute atomic E-state index is 5.33. The molecule has 0 aliphatic carbocycles. The highest BCUT2D eigenvalue weighted by Gasteiger charge is 2.09. The average Bonchev–Trinajstić information content (AvgIpc) is 2.90. The van der Waals surface area contributed by atoms with E-state index in [4.69, 9.17) is 4.42 Å². The van der Waals surface area contributed by atoms with Gasteiger partial charge in [-0.25, -0.2) is 4.98 Å². The van der Waals surface area contributed by atoms with E-state index in [1.807, 2.05) is 26.2 Å². The van der Waals surface area contributed by atoms with E-state index in [1.165, 1.54) is 11.1 Å². The molecule has 0 aliphatic rings. The second-order valence-electron chi connectivity index (χ2n) is 5.48. The molecule has 0 saturated heterocycles. The highest BCUT2D eigenvalue weighted by molar-refractivity contribution is 5.40. The van der Waals surface area contributed by atoms with Gasteiger partial charge in [0, 0.05) is 31.4 Å². The Morgan fingerprint density at radius 3 is 2.71 bits per heavy atom. The van der Waals surface area contributed by atoms with Gasteiger partial charge in [-0.2, -0.15) is 0 Å². The summed E-state index contributed by atoms with van der Waals surface area (Å²) in [5, 5.41) is 3.48. The molecule has 2 aromatic rings. The first-order valence-corrected chi connectivity index (χ1v) is 7.55. The molecule has 1 atom stereocenters. The SMILES string of the molecule is CCCNC(C)c1ccc(N(C)Cc2ccoc2C)nc1. The van der Waals surface area contributed by atoms with Gasteiger partial charge < -0.3 is 14.6 Å². The van der Waals surface area contributed by atoms with Crippen LogP contribution in [0.2, 0.25) is 0 Å². The van der Waals surface area contributed by atoms with Gasteiger partial charge in [0.2, 0.25) is 0 Å². The summed E-state index contributed by atoms with van der Waals surface area (Å²) in [6.07, 6.45) is 4.83. The topological polar surface area (TPSA) is 41.3 Å². The van der Waals surface area contributed by atoms with Crippen LogP contribution >= 0.6 is 0 Å². The molecule has 1 N–H and O–H groups in total. The van der Waals surface area contributed by atoms with Crippen molar-refractivity contribution >= 4 is 5.82 Å². The van der Waals surface area contributed by atoms with Crippen molar-refractivity contribution in [2.75, 3.05) is 18.5 Å². The van der Waals surface area contributed by atoms with Crippen molar-refractivity contribution in [2.45, 2.75) is 39.8 Å². The minimum atomic E-state index is 0.341. The van der Waals surface area contributed by atoms with Crippen molar-refractivity contribution in [3.8, 4) is 0 Å². The fraction of sp³-hybridized carbons (Fsp3) is 0.471. The van der Waals surface area contributed by atoms with Crippen molar-refractivity contribution in [1.29, 1.82) is 0 Å². The van der Waals surface area contributed by atoms with Crippen molar-refractivity contribution in [1.82, 2.24) is 10.3 Å². The van der Waals surface area contributed by atoms with Crippen LogP contribution in [0.25, 0.3) is 0 Å². The summed E-state index contributed by atoms with van der Waals surface area (Å²) in [5.74, 6) is 1.94. The molecule has 0 aliphatic heterocycles. The van der Waals surface area contributed by atoms with Crippen molar-refractivity contribution < 1.29 is 4.42 Å². The summed E-state index contributed by atoms with van der Waals surface area (Å²) >= 11 is 0. The fourth-order valence-electron chi connectivity index (χ4n) is 2.27. The van der Waals surface area contributed by atoms with E-state index in [0.29, 0.717) is 6.04 Å². The molecule has 0 saturated carbocycles. The lowest BCUT2D eigenvalue weighted by Crippen LogP contribution is -2.20. The van der Waals surface area contributed by atoms with Gasteiger partial charge in [0.15, 0.2) is 0 Å². The number of hydrogen-bond acceptors (Lipinski definition) is 4. The fourth-order valence-corrected chi connectivity index (χ4v) is 2.27. The second-order valence-corrected chi connectivity index (χ2v) is 5.48. The van der Waals surface area contributed by atoms with Gasteiger partial charge in [0.05, 0.1) is 6.26 Å². The number of hydrogen-bond donors (Lipinski definition) is 1. The molecule has 0 spiro atoms. The Morgan fingerprint density at radius 1 is 1.33 bits per heavy atom. The Morgan fingerprint density at radius 2 is 2.14 bits per heavy atom. The second kappa shape index (κ2) is 7.27. The smallest absolute Gasteiger partial charge is 0.128 e. The summed E-state index contributed by atoms with van der Waals surface area (Å²) < 4.78 is 5.33. The van der Waals surface area contributed by atoms with Gasteiger partial charge >= 0.3 is 0 Å². The quantitative estimate of drug-likeness (QED) is 0.843. The molecule has 4 heteroatoms. The van der Waals surface area contributed by atoms with E-state index >= 15 is 0 Å². The van der Waals surface area contributed by atoms with E-state index in [2.05, 4.69) is 41.2 Å². The molecule has 2 rings (SSSR count). The van der Waals surface area contributed by atoms with Gasteiger partial charge in [-0.05, 0) is 44.5 Å². The molecule has 0 amide bonds. The van der Waals surface area contributed by atoms with Crippen LogP contribution in [-0.4, -0.2) is 18.6 Å². The number of nitrogens with one attached hydrogen (secondary N) is 1. The number of furan rings is 1. The van der Waals surface area contributed by atoms with Crippen molar-refractivity contribution in [2.24, 2.45) is 0 Å². The highest BCUT2D eigenvalue weighted by atomic mass is 16.3. The van der Waals surface area contributed by atoms with E-state index in [0.717, 1.165) is 31.1 Å². The standard InChI is InChI=1S/C17H25N3O/c1-5-9-18-13(2)15-6-7-17(19-11-15)20(4)12-16-8-10-21-14(16)3/h6-8,10-11,13,18H,5,9,12H2,1-4H3. The molecular formula is C17H25N3O. The first kappa shape index (κ1) is 15.6. The lowest BCUT2D eigenvalue weighted by atomic mass is 10.1. The van der Waals surface area contributed by atoms with Crippen LogP contribution in [0.15, 0.2) is 35.1 Å². The number of aryl methyl sites for hydroxylation is 1. The van der Waals surface area contributed by atoms with Gasteiger partial charge in [-0.3, -0.25) is 0 Å². The number of pyridine rings is 1. The maximum Gasteiger partial charge on any atom is 0.128 e. The van der Waals surface area contributed by atoms with Crippen LogP contribution in [0.1, 0.15) is 43.2 Å². The summed E-state index contributed by atoms with van der Waals surface area (Å²) in [4.78, 5) is 6.70. The molecule has 2 heterocycles. The summed E-state index contributed by atoms with van der Waals surface area (Å²) in [7, 11) is 2.05. The Bertz CT molecular complexity index is 547. The maximum atomic E-state index is 5.33. The minimum Gasteiger partial charge on any atom is -0.469 e. The normalized spacial score (nSPS) is 12.4. The molecule has 21 heavy (non-hydrogen) atoms. The molecule has 4 nitrogen and oxygen atoms in total. The van der Waals surface area contributed by atoms with E-state index < -0.39 is 0 Å². The van der Waals surface area contributed by atoms with Crippen molar-refractivity contribution in [3.05, 3.63) is 47.5 Å². The first-order chi connectivity index (χ1) is 10.1. The third kappa shape index (κ3) is 4.08. The number of aromatic nitrogens is 1. The van der Waals surface area contributed by atoms with Crippen LogP contribution < -0.4 is 10.2 Å². The lowest BCUT2D eigenvalue weighted by Gasteiger charge is -2.19. The third-order valence-electron chi connectivity index (χ3n) is 3.74. The van der Waals surface area contributed by atoms with Crippen LogP contribution in [0.3, 0.4) is 0 Å². The van der Waals surface area contributed by atoms with E-state index in [1.54, 1.807) is 6.26 Å². The van der Waals surface area contributed by atoms with Crippen LogP contribution in [0, 0.1) is 6.92 Å². The van der Waals surface area contributed by atoms with E-state index in [9.17, 15) is 0 Å². The monoisotopic (exact) mass is 287 g/mol. The molecule has 2 aromatic heterocycles. The van der Waals surface area contributed by atoms with Gasteiger partial charge in [-0.1, -0.05) is 13.0 Å². The summed E-state index contributed by atoms with van der Waals surface area (Å²) in [6, 6.07) is 6.58. The molecule has 0 bridgehead atoms. The highest BCUT2D eigenvalue weighted by Crippen LogP contribution is 2.18. The zero-order valence-electron chi connectivity index (χ0n) is 13.4. The Hall–Kier alpha value is -1.81. The molecule has 0 aromatic carbocycles. The van der Waals surface area contributed by atoms with Crippen LogP contribution in [0.5, 0.6) is 0 Å². The Labute approximate surface area is 127 Å². The molecular weight excluding hydrogens is 262 g/mol. The van der Waals surface area contributed by atoms with Gasteiger partial charge in [0.1, 0.15) is 11.6 Å². The zero-order chi connectivity index (χ0) is 15.2. The lowest BCUT2D eigenvalue weighted by molar-refractivity contribution is 0.529. The summed E-state index contributed by atoms with van der Waals surface area (Å²) in [6.45, 7) is 8.17. The third-order valence-corrected chi connectivity index (χ3v) is 3.74. The Balaban J connectivity index is 1.99. The number of anilines is 1. The first-order valence-electron chi connectivity index (χ1n) is 7.55. The Kier molecular flexibility index (Phi) is 5.39. The van der Waals surface area contributed by atoms with Gasteiger partial charge in [0.25, 0.3) is 0 Å². The molecule has 114 valence electrons. The number of nitrogens with zero attached hydrogens (tertiary/aromatic N) is 2. The van der Waals surface area contributed by atoms with Crippen LogP contribution in [0.4, 0.5) is 5.82 Å². The molecule has 0 radical (unpaired) electrons. The number of rotatable bonds is 7. The van der Waals surface area contributed by atoms with Crippen LogP contribution in [-0.2, 0) is 6.54 Å². The van der Waals surface area contributed by atoms with Crippen molar-refractivity contribution in [3.63, 3.8) is 0 Å². The average molecular weight is 287 g/mol. The summed E-state index contributed by atoms with van der Waals surface area (Å²) in [5.41, 5.74) is 2.42. The predicted molar refractivity (Wildman–Crippen MR) is 86.5 cm³/mol. The molecule has 1 unspecified atom stereocenters. The molecule has 0 fully saturated rings. The predicted octanol–water partition coefficient (Wildman–Crippen LogP) is 3.68. The largest absolute Gasteiger partial charge is 0.469 e. The van der Waals surface area contributed by atoms with Gasteiger partial charge in [-0.15, -0.1) is 0 Å². The minimum absolute atomic E-state index is 0.341. The zero-order valence-corrected chi connectivity index (χ0v) is 13.4.